The van der Waals surface area contributed by atoms with E-state index in [1.54, 1.807) is 7.11 Å². The second kappa shape index (κ2) is 8.65. The maximum absolute atomic E-state index is 11.7. The third kappa shape index (κ3) is 4.78. The highest BCUT2D eigenvalue weighted by atomic mass is 16.5. The minimum atomic E-state index is -0.373. The van der Waals surface area contributed by atoms with E-state index in [2.05, 4.69) is 24.0 Å². The van der Waals surface area contributed by atoms with Crippen LogP contribution in [0.5, 0.6) is 0 Å². The highest BCUT2D eigenvalue weighted by Gasteiger charge is 2.15. The number of ether oxygens (including phenoxy) is 1. The summed E-state index contributed by atoms with van der Waals surface area (Å²) in [6, 6.07) is 5.80. The second-order valence-corrected chi connectivity index (χ2v) is 5.87. The molecule has 1 amide bonds. The molecule has 0 aromatic heterocycles. The molecule has 0 aliphatic heterocycles. The van der Waals surface area contributed by atoms with Crippen LogP contribution in [0.25, 0.3) is 11.1 Å². The maximum Gasteiger partial charge on any atom is 0.249 e. The zero-order valence-electron chi connectivity index (χ0n) is 13.9. The molecule has 1 aromatic carbocycles. The molecule has 1 aliphatic carbocycles. The molecule has 124 valence electrons. The van der Waals surface area contributed by atoms with Gasteiger partial charge in [-0.05, 0) is 60.1 Å². The highest BCUT2D eigenvalue weighted by Crippen LogP contribution is 2.30. The van der Waals surface area contributed by atoms with Crippen LogP contribution in [0.15, 0.2) is 30.9 Å². The average molecular weight is 314 g/mol. The lowest BCUT2D eigenvalue weighted by Gasteiger charge is -2.17. The third-order valence-electron chi connectivity index (χ3n) is 4.15. The maximum atomic E-state index is 11.7. The standard InChI is InChI=1S/C19H26N2O2/c1-14(13-21-10-11-23-2)16-8-9-17(19(20)22)18(12-16)15-6-4-3-5-7-15/h6,8-9,12,21H,1,3-5,7,10-11,13H2,2H3,(H2,20,22). The minimum Gasteiger partial charge on any atom is -0.383 e. The summed E-state index contributed by atoms with van der Waals surface area (Å²) in [5.41, 5.74) is 10.4. The molecule has 0 fully saturated rings. The van der Waals surface area contributed by atoms with E-state index in [0.29, 0.717) is 18.7 Å². The van der Waals surface area contributed by atoms with Gasteiger partial charge in [0.25, 0.3) is 0 Å². The fourth-order valence-electron chi connectivity index (χ4n) is 2.84. The predicted molar refractivity (Wildman–Crippen MR) is 95.2 cm³/mol. The molecule has 0 saturated heterocycles. The Morgan fingerprint density at radius 1 is 1.39 bits per heavy atom. The Labute approximate surface area is 138 Å². The molecule has 1 aliphatic rings. The summed E-state index contributed by atoms with van der Waals surface area (Å²) in [5, 5.41) is 3.29. The minimum absolute atomic E-state index is 0.373. The molecule has 4 heteroatoms. The van der Waals surface area contributed by atoms with Crippen molar-refractivity contribution in [2.24, 2.45) is 5.73 Å². The van der Waals surface area contributed by atoms with Crippen molar-refractivity contribution in [3.8, 4) is 0 Å². The average Bonchev–Trinajstić information content (AvgIpc) is 2.58. The number of nitrogens with one attached hydrogen (secondary N) is 1. The van der Waals surface area contributed by atoms with Crippen LogP contribution < -0.4 is 11.1 Å². The van der Waals surface area contributed by atoms with Gasteiger partial charge in [0.05, 0.1) is 6.61 Å². The van der Waals surface area contributed by atoms with Gasteiger partial charge >= 0.3 is 0 Å². The summed E-state index contributed by atoms with van der Waals surface area (Å²) >= 11 is 0. The molecule has 4 nitrogen and oxygen atoms in total. The van der Waals surface area contributed by atoms with E-state index in [0.717, 1.165) is 42.5 Å². The lowest BCUT2D eigenvalue weighted by Crippen LogP contribution is -2.21. The van der Waals surface area contributed by atoms with E-state index in [-0.39, 0.29) is 5.91 Å². The van der Waals surface area contributed by atoms with Gasteiger partial charge in [0, 0.05) is 25.8 Å². The van der Waals surface area contributed by atoms with Gasteiger partial charge in [-0.15, -0.1) is 0 Å². The van der Waals surface area contributed by atoms with Crippen LogP contribution in [0, 0.1) is 0 Å². The van der Waals surface area contributed by atoms with E-state index >= 15 is 0 Å². The van der Waals surface area contributed by atoms with Crippen LogP contribution in [0.2, 0.25) is 0 Å². The van der Waals surface area contributed by atoms with Gasteiger partial charge in [-0.25, -0.2) is 0 Å². The van der Waals surface area contributed by atoms with Crippen molar-refractivity contribution in [2.45, 2.75) is 25.7 Å². The second-order valence-electron chi connectivity index (χ2n) is 5.87. The van der Waals surface area contributed by atoms with Crippen molar-refractivity contribution in [1.82, 2.24) is 5.32 Å². The first-order chi connectivity index (χ1) is 11.1. The van der Waals surface area contributed by atoms with Crippen LogP contribution in [-0.4, -0.2) is 32.7 Å². The van der Waals surface area contributed by atoms with E-state index in [9.17, 15) is 4.79 Å². The van der Waals surface area contributed by atoms with Gasteiger partial charge in [-0.1, -0.05) is 18.7 Å². The monoisotopic (exact) mass is 314 g/mol. The first kappa shape index (κ1) is 17.4. The van der Waals surface area contributed by atoms with E-state index in [1.165, 1.54) is 12.0 Å². The first-order valence-electron chi connectivity index (χ1n) is 8.14. The van der Waals surface area contributed by atoms with Crippen LogP contribution >= 0.6 is 0 Å². The molecule has 0 heterocycles. The molecule has 23 heavy (non-hydrogen) atoms. The summed E-state index contributed by atoms with van der Waals surface area (Å²) in [6.45, 7) is 6.29. The van der Waals surface area contributed by atoms with E-state index in [4.69, 9.17) is 10.5 Å². The molecule has 1 aromatic rings. The van der Waals surface area contributed by atoms with E-state index in [1.807, 2.05) is 12.1 Å². The zero-order valence-corrected chi connectivity index (χ0v) is 13.9. The summed E-state index contributed by atoms with van der Waals surface area (Å²) in [7, 11) is 1.68. The number of allylic oxidation sites excluding steroid dienone is 2. The largest absolute Gasteiger partial charge is 0.383 e. The molecular weight excluding hydrogens is 288 g/mol. The number of amides is 1. The Hall–Kier alpha value is -1.91. The molecule has 3 N–H and O–H groups in total. The topological polar surface area (TPSA) is 64.3 Å². The highest BCUT2D eigenvalue weighted by molar-refractivity contribution is 5.98. The number of methoxy groups -OCH3 is 1. The third-order valence-corrected chi connectivity index (χ3v) is 4.15. The van der Waals surface area contributed by atoms with Gasteiger partial charge in [0.2, 0.25) is 5.91 Å². The number of carbonyl (C=O) groups is 1. The molecule has 0 saturated carbocycles. The summed E-state index contributed by atoms with van der Waals surface area (Å²) in [5.74, 6) is -0.373. The van der Waals surface area contributed by atoms with E-state index < -0.39 is 0 Å². The molecule has 2 rings (SSSR count). The van der Waals surface area contributed by atoms with Gasteiger partial charge in [0.15, 0.2) is 0 Å². The number of hydrogen-bond donors (Lipinski definition) is 2. The fraction of sp³-hybridized carbons (Fsp3) is 0.421. The van der Waals surface area contributed by atoms with Crippen molar-refractivity contribution >= 4 is 17.1 Å². The Kier molecular flexibility index (Phi) is 6.56. The van der Waals surface area contributed by atoms with Gasteiger partial charge in [-0.3, -0.25) is 4.79 Å². The van der Waals surface area contributed by atoms with Crippen LogP contribution in [0.4, 0.5) is 0 Å². The van der Waals surface area contributed by atoms with Crippen LogP contribution in [0.1, 0.15) is 47.2 Å². The number of nitrogens with two attached hydrogens (primary N) is 1. The summed E-state index contributed by atoms with van der Waals surface area (Å²) in [4.78, 5) is 11.7. The van der Waals surface area contributed by atoms with Crippen molar-refractivity contribution in [3.63, 3.8) is 0 Å². The van der Waals surface area contributed by atoms with Crippen molar-refractivity contribution < 1.29 is 9.53 Å². The Bertz CT molecular complexity index is 605. The molecule has 0 atom stereocenters. The number of primary amides is 1. The molecule has 0 spiro atoms. The van der Waals surface area contributed by atoms with Crippen molar-refractivity contribution in [3.05, 3.63) is 47.5 Å². The zero-order chi connectivity index (χ0) is 16.7. The van der Waals surface area contributed by atoms with Crippen LogP contribution in [0.3, 0.4) is 0 Å². The molecular formula is C19H26N2O2. The number of benzene rings is 1. The quantitative estimate of drug-likeness (QED) is 0.725. The number of rotatable bonds is 8. The Balaban J connectivity index is 2.20. The molecule has 0 radical (unpaired) electrons. The fourth-order valence-corrected chi connectivity index (χ4v) is 2.84. The first-order valence-corrected chi connectivity index (χ1v) is 8.14. The number of hydrogen-bond acceptors (Lipinski definition) is 3. The van der Waals surface area contributed by atoms with Gasteiger partial charge in [0.1, 0.15) is 0 Å². The Morgan fingerprint density at radius 2 is 2.22 bits per heavy atom. The SMILES string of the molecule is C=C(CNCCOC)c1ccc(C(N)=O)c(C2=CCCCC2)c1. The molecule has 0 unspecified atom stereocenters. The van der Waals surface area contributed by atoms with Crippen molar-refractivity contribution in [1.29, 1.82) is 0 Å². The van der Waals surface area contributed by atoms with Crippen molar-refractivity contribution in [2.75, 3.05) is 26.8 Å². The lowest BCUT2D eigenvalue weighted by atomic mass is 9.88. The lowest BCUT2D eigenvalue weighted by molar-refractivity contribution is 0.1000. The number of carbonyl (C=O) groups excluding carboxylic acids is 1. The van der Waals surface area contributed by atoms with Crippen LogP contribution in [-0.2, 0) is 4.74 Å². The smallest absolute Gasteiger partial charge is 0.249 e. The molecule has 0 bridgehead atoms. The predicted octanol–water partition coefficient (Wildman–Crippen LogP) is 2.99. The van der Waals surface area contributed by atoms with Gasteiger partial charge in [-0.2, -0.15) is 0 Å². The summed E-state index contributed by atoms with van der Waals surface area (Å²) in [6.07, 6.45) is 6.67. The Morgan fingerprint density at radius 3 is 2.87 bits per heavy atom. The summed E-state index contributed by atoms with van der Waals surface area (Å²) < 4.78 is 5.02. The normalized spacial score (nSPS) is 14.4. The van der Waals surface area contributed by atoms with Gasteiger partial charge < -0.3 is 15.8 Å².